The number of carboxylic acids is 1. The Morgan fingerprint density at radius 1 is 0.795 bits per heavy atom. The molecular weight excluding hydrogens is 605 g/mol. The Labute approximate surface area is 284 Å². The minimum absolute atomic E-state index is 0. The first-order valence-corrected chi connectivity index (χ1v) is 15.5. The second-order valence-electron chi connectivity index (χ2n) is 10.1. The maximum Gasteiger partial charge on any atom is 1.00 e. The first kappa shape index (κ1) is 33.6. The van der Waals surface area contributed by atoms with E-state index in [2.05, 4.69) is 14.6 Å². The van der Waals surface area contributed by atoms with Gasteiger partial charge in [0.15, 0.2) is 0 Å². The summed E-state index contributed by atoms with van der Waals surface area (Å²) in [5, 5.41) is 11.7. The number of rotatable bonds is 12. The molecule has 4 aromatic carbocycles. The van der Waals surface area contributed by atoms with Gasteiger partial charge in [0, 0.05) is 37.1 Å². The van der Waals surface area contributed by atoms with E-state index >= 15 is 0 Å². The van der Waals surface area contributed by atoms with E-state index < -0.39 is 22.0 Å². The zero-order valence-electron chi connectivity index (χ0n) is 24.1. The van der Waals surface area contributed by atoms with Gasteiger partial charge in [0.05, 0.1) is 16.9 Å². The fourth-order valence-corrected chi connectivity index (χ4v) is 6.16. The molecule has 0 bridgehead atoms. The Balaban J connectivity index is 0.00000442. The van der Waals surface area contributed by atoms with Gasteiger partial charge in [0.1, 0.15) is 0 Å². The van der Waals surface area contributed by atoms with Gasteiger partial charge in [0.25, 0.3) is 0 Å². The van der Waals surface area contributed by atoms with Crippen molar-refractivity contribution in [3.8, 4) is 11.1 Å². The quantitative estimate of drug-likeness (QED) is 0.212. The average molecular weight is 634 g/mol. The number of sulfonamides is 1. The molecule has 44 heavy (non-hydrogen) atoms. The predicted molar refractivity (Wildman–Crippen MR) is 166 cm³/mol. The third kappa shape index (κ3) is 9.09. The first-order valence-electron chi connectivity index (χ1n) is 13.6. The van der Waals surface area contributed by atoms with E-state index in [9.17, 15) is 18.3 Å². The monoisotopic (exact) mass is 633 g/mol. The second kappa shape index (κ2) is 15.6. The normalized spacial score (nSPS) is 12.0. The number of nitrogens with zero attached hydrogens (tertiary/aromatic N) is 2. The molecule has 0 saturated heterocycles. The van der Waals surface area contributed by atoms with Gasteiger partial charge in [-0.15, -0.1) is 0 Å². The summed E-state index contributed by atoms with van der Waals surface area (Å²) in [5.41, 5.74) is 4.78. The molecular formula is C34H29ClN3NaO4S. The van der Waals surface area contributed by atoms with Gasteiger partial charge < -0.3 is 9.90 Å². The minimum Gasteiger partial charge on any atom is -0.545 e. The summed E-state index contributed by atoms with van der Waals surface area (Å²) in [7, 11) is -3.91. The largest absolute Gasteiger partial charge is 1.00 e. The van der Waals surface area contributed by atoms with Gasteiger partial charge in [-0.2, -0.15) is 0 Å². The molecule has 7 nitrogen and oxygen atoms in total. The summed E-state index contributed by atoms with van der Waals surface area (Å²) in [6.45, 7) is 1.23. The van der Waals surface area contributed by atoms with Gasteiger partial charge in [-0.25, -0.2) is 13.1 Å². The number of aromatic nitrogens is 1. The van der Waals surface area contributed by atoms with Crippen LogP contribution in [-0.4, -0.2) is 30.8 Å². The van der Waals surface area contributed by atoms with E-state index in [0.29, 0.717) is 24.7 Å². The Morgan fingerprint density at radius 2 is 1.43 bits per heavy atom. The summed E-state index contributed by atoms with van der Waals surface area (Å²) in [5.74, 6) is -1.24. The van der Waals surface area contributed by atoms with Crippen LogP contribution in [0.2, 0.25) is 5.02 Å². The zero-order valence-corrected chi connectivity index (χ0v) is 27.7. The Bertz CT molecular complexity index is 1760. The van der Waals surface area contributed by atoms with E-state index in [4.69, 9.17) is 11.6 Å². The molecule has 0 fully saturated rings. The van der Waals surface area contributed by atoms with Gasteiger partial charge in [-0.1, -0.05) is 96.5 Å². The van der Waals surface area contributed by atoms with Crippen molar-refractivity contribution in [2.45, 2.75) is 24.0 Å². The van der Waals surface area contributed by atoms with Crippen LogP contribution in [0, 0.1) is 0 Å². The number of benzene rings is 4. The first-order chi connectivity index (χ1) is 20.8. The molecule has 1 aromatic heterocycles. The molecule has 10 heteroatoms. The van der Waals surface area contributed by atoms with Crippen molar-refractivity contribution in [3.63, 3.8) is 0 Å². The minimum atomic E-state index is -3.91. The Morgan fingerprint density at radius 3 is 2.05 bits per heavy atom. The number of hydrogen-bond donors (Lipinski definition) is 1. The number of hydrogen-bond acceptors (Lipinski definition) is 6. The molecule has 218 valence electrons. The van der Waals surface area contributed by atoms with E-state index in [1.165, 1.54) is 24.3 Å². The summed E-state index contributed by atoms with van der Waals surface area (Å²) in [4.78, 5) is 17.7. The number of halogens is 1. The zero-order chi connectivity index (χ0) is 30.2. The van der Waals surface area contributed by atoms with E-state index in [1.807, 2.05) is 66.7 Å². The van der Waals surface area contributed by atoms with Crippen LogP contribution < -0.4 is 39.4 Å². The van der Waals surface area contributed by atoms with Crippen molar-refractivity contribution >= 4 is 27.6 Å². The third-order valence-corrected chi connectivity index (χ3v) is 8.75. The van der Waals surface area contributed by atoms with Crippen LogP contribution in [0.15, 0.2) is 133 Å². The fraction of sp³-hybridized carbons (Fsp3) is 0.118. The maximum atomic E-state index is 13.6. The Hall–Kier alpha value is -3.34. The maximum absolute atomic E-state index is 13.6. The van der Waals surface area contributed by atoms with Gasteiger partial charge in [-0.3, -0.25) is 9.88 Å². The smallest absolute Gasteiger partial charge is 0.545 e. The summed E-state index contributed by atoms with van der Waals surface area (Å²) in [6, 6.07) is 33.5. The van der Waals surface area contributed by atoms with E-state index in [-0.39, 0.29) is 40.0 Å². The topological polar surface area (TPSA) is 102 Å². The molecule has 0 spiro atoms. The van der Waals surface area contributed by atoms with Crippen LogP contribution in [-0.2, 0) is 23.1 Å². The molecule has 5 rings (SSSR count). The number of carbonyl (C=O) groups excluding carboxylic acids is 1. The van der Waals surface area contributed by atoms with E-state index in [1.54, 1.807) is 36.7 Å². The van der Waals surface area contributed by atoms with Crippen LogP contribution in [0.4, 0.5) is 0 Å². The average Bonchev–Trinajstić information content (AvgIpc) is 3.02. The molecule has 1 heterocycles. The molecule has 0 aliphatic carbocycles. The molecule has 0 saturated carbocycles. The number of nitrogens with one attached hydrogen (secondary N) is 1. The fourth-order valence-electron chi connectivity index (χ4n) is 4.82. The second-order valence-corrected chi connectivity index (χ2v) is 12.3. The van der Waals surface area contributed by atoms with Crippen LogP contribution in [0.5, 0.6) is 0 Å². The van der Waals surface area contributed by atoms with Crippen LogP contribution in [0.3, 0.4) is 0 Å². The molecule has 5 aromatic rings. The van der Waals surface area contributed by atoms with Gasteiger partial charge in [-0.05, 0) is 63.7 Å². The summed E-state index contributed by atoms with van der Waals surface area (Å²) >= 11 is 6.02. The number of carboxylic acid groups (broad SMARTS) is 1. The van der Waals surface area contributed by atoms with Gasteiger partial charge in [0.2, 0.25) is 10.0 Å². The molecule has 0 aliphatic rings. The summed E-state index contributed by atoms with van der Waals surface area (Å²) < 4.78 is 30.1. The SMILES string of the molecule is O=C([O-])c1ccc(CN(Cc2cccnc2)CC(NS(=O)(=O)c2ccc(Cl)cc2)c2ccc(-c3ccccc3)cc2)cc1.[Na+]. The summed E-state index contributed by atoms with van der Waals surface area (Å²) in [6.07, 6.45) is 3.47. The van der Waals surface area contributed by atoms with Gasteiger partial charge >= 0.3 is 29.6 Å². The molecule has 1 N–H and O–H groups in total. The third-order valence-electron chi connectivity index (χ3n) is 7.01. The molecule has 1 atom stereocenters. The van der Waals surface area contributed by atoms with Crippen LogP contribution in [0.1, 0.15) is 33.1 Å². The molecule has 1 unspecified atom stereocenters. The van der Waals surface area contributed by atoms with Crippen LogP contribution >= 0.6 is 11.6 Å². The number of carbonyl (C=O) groups is 1. The van der Waals surface area contributed by atoms with Crippen molar-refractivity contribution in [2.24, 2.45) is 0 Å². The molecule has 0 radical (unpaired) electrons. The standard InChI is InChI=1S/C34H30ClN3O4S.Na/c35-31-16-18-32(19-17-31)43(41,42)37-33(29-14-12-28(13-15-29)27-6-2-1-3-7-27)24-38(23-26-5-4-20-36-21-26)22-25-8-10-30(11-9-25)34(39)40;/h1-21,33,37H,22-24H2,(H,39,40);/q;+1/p-1. The van der Waals surface area contributed by atoms with Crippen molar-refractivity contribution < 1.29 is 47.9 Å². The van der Waals surface area contributed by atoms with Crippen molar-refractivity contribution in [1.82, 2.24) is 14.6 Å². The van der Waals surface area contributed by atoms with Crippen LogP contribution in [0.25, 0.3) is 11.1 Å². The Kier molecular flexibility index (Phi) is 11.9. The van der Waals surface area contributed by atoms with Crippen molar-refractivity contribution in [2.75, 3.05) is 6.54 Å². The molecule has 0 aliphatic heterocycles. The number of aromatic carboxylic acids is 1. The number of pyridine rings is 1. The van der Waals surface area contributed by atoms with E-state index in [0.717, 1.165) is 27.8 Å². The predicted octanol–water partition coefficient (Wildman–Crippen LogP) is 2.49. The van der Waals surface area contributed by atoms with Crippen molar-refractivity contribution in [1.29, 1.82) is 0 Å². The van der Waals surface area contributed by atoms with Crippen molar-refractivity contribution in [3.05, 3.63) is 155 Å². The molecule has 0 amide bonds.